The summed E-state index contributed by atoms with van der Waals surface area (Å²) < 4.78 is 5.38. The zero-order valence-corrected chi connectivity index (χ0v) is 17.4. The van der Waals surface area contributed by atoms with Gasteiger partial charge in [-0.05, 0) is 35.2 Å². The summed E-state index contributed by atoms with van der Waals surface area (Å²) in [5.41, 5.74) is 0.931. The number of nitrogens with zero attached hydrogens (tertiary/aromatic N) is 1. The highest BCUT2D eigenvalue weighted by Crippen LogP contribution is 2.50. The standard InChI is InChI=1S/C26H25NO4/c1-31-22-14-8-13-21(17-22)26(25(29)30)23(20-11-6-3-7-12-20)18-24(28)27(26)16-15-19-9-4-2-5-10-19/h2-14,17,23H,15-16,18H2,1H3,(H,29,30). The van der Waals surface area contributed by atoms with E-state index in [4.69, 9.17) is 4.74 Å². The maximum absolute atomic E-state index is 13.3. The van der Waals surface area contributed by atoms with E-state index in [1.165, 1.54) is 0 Å². The largest absolute Gasteiger partial charge is 0.497 e. The summed E-state index contributed by atoms with van der Waals surface area (Å²) in [5.74, 6) is -1.14. The maximum atomic E-state index is 13.3. The molecule has 0 aromatic heterocycles. The first-order chi connectivity index (χ1) is 15.1. The Balaban J connectivity index is 1.85. The molecule has 2 unspecified atom stereocenters. The number of ether oxygens (including phenoxy) is 1. The normalized spacial score (nSPS) is 20.6. The molecule has 158 valence electrons. The SMILES string of the molecule is COc1cccc(C2(C(=O)O)C(c3ccccc3)CC(=O)N2CCc2ccccc2)c1. The van der Waals surface area contributed by atoms with E-state index < -0.39 is 17.4 Å². The molecule has 1 aliphatic heterocycles. The van der Waals surface area contributed by atoms with Gasteiger partial charge in [-0.2, -0.15) is 0 Å². The van der Waals surface area contributed by atoms with Crippen LogP contribution < -0.4 is 4.74 Å². The van der Waals surface area contributed by atoms with Gasteiger partial charge in [0, 0.05) is 18.9 Å². The molecule has 3 aromatic rings. The molecule has 0 radical (unpaired) electrons. The van der Waals surface area contributed by atoms with E-state index in [0.717, 1.165) is 11.1 Å². The minimum absolute atomic E-state index is 0.141. The van der Waals surface area contributed by atoms with Crippen LogP contribution in [0, 0.1) is 0 Å². The van der Waals surface area contributed by atoms with Crippen LogP contribution >= 0.6 is 0 Å². The maximum Gasteiger partial charge on any atom is 0.335 e. The Bertz CT molecular complexity index is 1070. The lowest BCUT2D eigenvalue weighted by atomic mass is 9.75. The Kier molecular flexibility index (Phi) is 5.76. The number of aliphatic carboxylic acids is 1. The highest BCUT2D eigenvalue weighted by Gasteiger charge is 2.59. The van der Waals surface area contributed by atoms with Crippen LogP contribution in [0.5, 0.6) is 5.75 Å². The summed E-state index contributed by atoms with van der Waals surface area (Å²) in [6.07, 6.45) is 0.718. The van der Waals surface area contributed by atoms with Crippen molar-refractivity contribution in [2.24, 2.45) is 0 Å². The third-order valence-electron chi connectivity index (χ3n) is 6.11. The number of carboxylic acids is 1. The average Bonchev–Trinajstić information content (AvgIpc) is 3.12. The summed E-state index contributed by atoms with van der Waals surface area (Å²) in [6.45, 7) is 0.315. The molecule has 1 heterocycles. The lowest BCUT2D eigenvalue weighted by Crippen LogP contribution is -2.52. The van der Waals surface area contributed by atoms with Gasteiger partial charge < -0.3 is 14.7 Å². The molecule has 0 aliphatic carbocycles. The molecule has 0 bridgehead atoms. The van der Waals surface area contributed by atoms with Gasteiger partial charge in [0.2, 0.25) is 5.91 Å². The number of rotatable bonds is 7. The van der Waals surface area contributed by atoms with E-state index in [9.17, 15) is 14.7 Å². The fourth-order valence-electron chi connectivity index (χ4n) is 4.65. The Morgan fingerprint density at radius 2 is 1.71 bits per heavy atom. The molecule has 5 nitrogen and oxygen atoms in total. The van der Waals surface area contributed by atoms with Crippen molar-refractivity contribution in [1.82, 2.24) is 4.90 Å². The predicted molar refractivity (Wildman–Crippen MR) is 118 cm³/mol. The van der Waals surface area contributed by atoms with Crippen LogP contribution in [-0.2, 0) is 21.5 Å². The number of carbonyl (C=O) groups excluding carboxylic acids is 1. The van der Waals surface area contributed by atoms with Crippen molar-refractivity contribution in [2.75, 3.05) is 13.7 Å². The van der Waals surface area contributed by atoms with Gasteiger partial charge in [-0.1, -0.05) is 72.8 Å². The summed E-state index contributed by atoms with van der Waals surface area (Å²) in [5, 5.41) is 10.7. The first-order valence-corrected chi connectivity index (χ1v) is 10.3. The lowest BCUT2D eigenvalue weighted by molar-refractivity contribution is -0.156. The molecule has 3 aromatic carbocycles. The van der Waals surface area contributed by atoms with Crippen LogP contribution in [-0.4, -0.2) is 35.5 Å². The minimum atomic E-state index is -1.51. The number of likely N-dealkylation sites (tertiary alicyclic amines) is 1. The van der Waals surface area contributed by atoms with Gasteiger partial charge in [0.05, 0.1) is 7.11 Å². The first kappa shape index (κ1) is 20.7. The second-order valence-electron chi connectivity index (χ2n) is 7.75. The number of methoxy groups -OCH3 is 1. The molecule has 0 spiro atoms. The molecular weight excluding hydrogens is 390 g/mol. The molecular formula is C26H25NO4. The fourth-order valence-corrected chi connectivity index (χ4v) is 4.65. The molecule has 1 fully saturated rings. The Morgan fingerprint density at radius 3 is 2.35 bits per heavy atom. The van der Waals surface area contributed by atoms with E-state index in [0.29, 0.717) is 24.3 Å². The minimum Gasteiger partial charge on any atom is -0.497 e. The summed E-state index contributed by atoms with van der Waals surface area (Å²) in [7, 11) is 1.55. The zero-order valence-electron chi connectivity index (χ0n) is 17.4. The summed E-state index contributed by atoms with van der Waals surface area (Å²) in [4.78, 5) is 27.8. The van der Waals surface area contributed by atoms with Crippen LogP contribution in [0.15, 0.2) is 84.9 Å². The molecule has 1 aliphatic rings. The van der Waals surface area contributed by atoms with Crippen LogP contribution in [0.3, 0.4) is 0 Å². The molecule has 1 saturated heterocycles. The van der Waals surface area contributed by atoms with Crippen molar-refractivity contribution in [3.8, 4) is 5.75 Å². The van der Waals surface area contributed by atoms with Crippen molar-refractivity contribution in [3.63, 3.8) is 0 Å². The monoisotopic (exact) mass is 415 g/mol. The number of hydrogen-bond donors (Lipinski definition) is 1. The number of carbonyl (C=O) groups is 2. The van der Waals surface area contributed by atoms with Gasteiger partial charge in [0.15, 0.2) is 5.54 Å². The van der Waals surface area contributed by atoms with Gasteiger partial charge in [-0.3, -0.25) is 4.79 Å². The molecule has 5 heteroatoms. The highest BCUT2D eigenvalue weighted by molar-refractivity contribution is 5.94. The van der Waals surface area contributed by atoms with Crippen LogP contribution in [0.25, 0.3) is 0 Å². The Morgan fingerprint density at radius 1 is 1.03 bits per heavy atom. The van der Waals surface area contributed by atoms with E-state index in [1.54, 1.807) is 36.3 Å². The molecule has 2 atom stereocenters. The van der Waals surface area contributed by atoms with Gasteiger partial charge in [0.1, 0.15) is 5.75 Å². The lowest BCUT2D eigenvalue weighted by Gasteiger charge is -2.39. The zero-order chi connectivity index (χ0) is 21.8. The quantitative estimate of drug-likeness (QED) is 0.627. The predicted octanol–water partition coefficient (Wildman–Crippen LogP) is 4.23. The second-order valence-corrected chi connectivity index (χ2v) is 7.75. The number of benzene rings is 3. The highest BCUT2D eigenvalue weighted by atomic mass is 16.5. The molecule has 1 amide bonds. The smallest absolute Gasteiger partial charge is 0.335 e. The topological polar surface area (TPSA) is 66.8 Å². The molecule has 0 saturated carbocycles. The van der Waals surface area contributed by atoms with Crippen molar-refractivity contribution in [2.45, 2.75) is 24.3 Å². The third kappa shape index (κ3) is 3.67. The number of amides is 1. The molecule has 4 rings (SSSR count). The molecule has 1 N–H and O–H groups in total. The Hall–Kier alpha value is -3.60. The number of carboxylic acid groups (broad SMARTS) is 1. The van der Waals surface area contributed by atoms with Crippen molar-refractivity contribution < 1.29 is 19.4 Å². The van der Waals surface area contributed by atoms with E-state index >= 15 is 0 Å². The van der Waals surface area contributed by atoms with Crippen LogP contribution in [0.4, 0.5) is 0 Å². The number of hydrogen-bond acceptors (Lipinski definition) is 3. The van der Waals surface area contributed by atoms with Gasteiger partial charge in [-0.15, -0.1) is 0 Å². The fraction of sp³-hybridized carbons (Fsp3) is 0.231. The summed E-state index contributed by atoms with van der Waals surface area (Å²) >= 11 is 0. The average molecular weight is 415 g/mol. The van der Waals surface area contributed by atoms with E-state index in [1.807, 2.05) is 60.7 Å². The van der Waals surface area contributed by atoms with Crippen molar-refractivity contribution in [3.05, 3.63) is 102 Å². The van der Waals surface area contributed by atoms with E-state index in [2.05, 4.69) is 0 Å². The Labute approximate surface area is 181 Å². The van der Waals surface area contributed by atoms with Gasteiger partial charge in [-0.25, -0.2) is 4.79 Å². The van der Waals surface area contributed by atoms with E-state index in [-0.39, 0.29) is 12.3 Å². The van der Waals surface area contributed by atoms with Crippen LogP contribution in [0.1, 0.15) is 29.0 Å². The van der Waals surface area contributed by atoms with Crippen LogP contribution in [0.2, 0.25) is 0 Å². The van der Waals surface area contributed by atoms with Crippen molar-refractivity contribution in [1.29, 1.82) is 0 Å². The van der Waals surface area contributed by atoms with Crippen molar-refractivity contribution >= 4 is 11.9 Å². The van der Waals surface area contributed by atoms with Gasteiger partial charge >= 0.3 is 5.97 Å². The molecule has 31 heavy (non-hydrogen) atoms. The van der Waals surface area contributed by atoms with Gasteiger partial charge in [0.25, 0.3) is 0 Å². The third-order valence-corrected chi connectivity index (χ3v) is 6.11. The summed E-state index contributed by atoms with van der Waals surface area (Å²) in [6, 6.07) is 26.3. The second kappa shape index (κ2) is 8.64. The first-order valence-electron chi connectivity index (χ1n) is 10.3.